The molecule has 0 saturated heterocycles. The summed E-state index contributed by atoms with van der Waals surface area (Å²) in [5.41, 5.74) is 0. The van der Waals surface area contributed by atoms with Gasteiger partial charge in [0.1, 0.15) is 0 Å². The highest BCUT2D eigenvalue weighted by Gasteiger charge is 2.03. The number of hydrogen-bond acceptors (Lipinski definition) is 4. The van der Waals surface area contributed by atoms with Crippen molar-refractivity contribution in [2.75, 3.05) is 13.2 Å². The lowest BCUT2D eigenvalue weighted by Gasteiger charge is -2.06. The van der Waals surface area contributed by atoms with Crippen LogP contribution in [-0.4, -0.2) is 25.2 Å². The molecule has 214 valence electrons. The Hall–Kier alpha value is -1.06. The molecule has 0 aromatic heterocycles. The van der Waals surface area contributed by atoms with E-state index >= 15 is 0 Å². The van der Waals surface area contributed by atoms with Crippen molar-refractivity contribution >= 4 is 11.9 Å². The first-order valence-electron chi connectivity index (χ1n) is 16.0. The van der Waals surface area contributed by atoms with Crippen LogP contribution in [0.5, 0.6) is 0 Å². The summed E-state index contributed by atoms with van der Waals surface area (Å²) in [5.74, 6) is -0.0111. The van der Waals surface area contributed by atoms with Crippen LogP contribution in [0, 0.1) is 0 Å². The second-order valence-electron chi connectivity index (χ2n) is 10.7. The van der Waals surface area contributed by atoms with Gasteiger partial charge in [-0.2, -0.15) is 0 Å². The van der Waals surface area contributed by atoms with E-state index in [1.807, 2.05) is 0 Å². The first kappa shape index (κ1) is 34.9. The molecule has 0 aromatic carbocycles. The van der Waals surface area contributed by atoms with Crippen LogP contribution in [0.25, 0.3) is 0 Å². The molecule has 0 aromatic rings. The summed E-state index contributed by atoms with van der Waals surface area (Å²) in [6, 6.07) is 0. The zero-order valence-corrected chi connectivity index (χ0v) is 24.4. The highest BCUT2D eigenvalue weighted by atomic mass is 16.5. The van der Waals surface area contributed by atoms with E-state index in [-0.39, 0.29) is 11.9 Å². The molecule has 0 spiro atoms. The largest absolute Gasteiger partial charge is 0.466 e. The van der Waals surface area contributed by atoms with Gasteiger partial charge in [-0.3, -0.25) is 9.59 Å². The average Bonchev–Trinajstić information content (AvgIpc) is 2.88. The van der Waals surface area contributed by atoms with Crippen molar-refractivity contribution in [1.29, 1.82) is 0 Å². The standard InChI is InChI=1S/C32H62O4/c1-3-5-7-23-27-31(33)35-29-25-21-19-17-15-13-11-9-10-12-14-16-18-20-22-26-30-36-32(34)28-24-8-6-4-2/h3-30H2,1-2H3. The Bertz CT molecular complexity index is 421. The molecule has 0 N–H and O–H groups in total. The second kappa shape index (κ2) is 30.2. The first-order valence-corrected chi connectivity index (χ1v) is 16.0. The van der Waals surface area contributed by atoms with Crippen LogP contribution in [0.15, 0.2) is 0 Å². The van der Waals surface area contributed by atoms with Gasteiger partial charge < -0.3 is 9.47 Å². The minimum atomic E-state index is -0.00553. The van der Waals surface area contributed by atoms with Gasteiger partial charge in [0.25, 0.3) is 0 Å². The number of rotatable bonds is 29. The third kappa shape index (κ3) is 29.2. The smallest absolute Gasteiger partial charge is 0.305 e. The monoisotopic (exact) mass is 510 g/mol. The lowest BCUT2D eigenvalue weighted by Crippen LogP contribution is -2.05. The van der Waals surface area contributed by atoms with Gasteiger partial charge in [0.15, 0.2) is 0 Å². The van der Waals surface area contributed by atoms with Crippen molar-refractivity contribution in [2.45, 2.75) is 181 Å². The van der Waals surface area contributed by atoms with Crippen molar-refractivity contribution in [1.82, 2.24) is 0 Å². The van der Waals surface area contributed by atoms with Gasteiger partial charge in [-0.15, -0.1) is 0 Å². The molecular formula is C32H62O4. The normalized spacial score (nSPS) is 11.1. The minimum absolute atomic E-state index is 0.00553. The Labute approximate surface area is 225 Å². The van der Waals surface area contributed by atoms with E-state index in [0.29, 0.717) is 26.1 Å². The first-order chi connectivity index (χ1) is 17.7. The molecule has 0 heterocycles. The van der Waals surface area contributed by atoms with E-state index in [4.69, 9.17) is 9.47 Å². The van der Waals surface area contributed by atoms with Crippen molar-refractivity contribution in [3.8, 4) is 0 Å². The summed E-state index contributed by atoms with van der Waals surface area (Å²) in [7, 11) is 0. The summed E-state index contributed by atoms with van der Waals surface area (Å²) >= 11 is 0. The number of esters is 2. The van der Waals surface area contributed by atoms with Gasteiger partial charge in [-0.05, 0) is 25.7 Å². The van der Waals surface area contributed by atoms with E-state index in [9.17, 15) is 9.59 Å². The van der Waals surface area contributed by atoms with E-state index in [1.54, 1.807) is 0 Å². The maximum atomic E-state index is 11.6. The Morgan fingerprint density at radius 1 is 0.361 bits per heavy atom. The van der Waals surface area contributed by atoms with Crippen LogP contribution in [0.2, 0.25) is 0 Å². The molecule has 0 aliphatic heterocycles. The van der Waals surface area contributed by atoms with Crippen LogP contribution in [0.3, 0.4) is 0 Å². The van der Waals surface area contributed by atoms with E-state index < -0.39 is 0 Å². The maximum absolute atomic E-state index is 11.6. The summed E-state index contributed by atoms with van der Waals surface area (Å²) in [6.07, 6.45) is 30.9. The van der Waals surface area contributed by atoms with Gasteiger partial charge in [-0.1, -0.05) is 142 Å². The third-order valence-corrected chi connectivity index (χ3v) is 7.03. The summed E-state index contributed by atoms with van der Waals surface area (Å²) in [6.45, 7) is 5.60. The molecule has 0 amide bonds. The fraction of sp³-hybridized carbons (Fsp3) is 0.938. The van der Waals surface area contributed by atoms with Crippen molar-refractivity contribution < 1.29 is 19.1 Å². The third-order valence-electron chi connectivity index (χ3n) is 7.03. The molecule has 36 heavy (non-hydrogen) atoms. The van der Waals surface area contributed by atoms with Crippen molar-refractivity contribution in [2.24, 2.45) is 0 Å². The number of carbonyl (C=O) groups excluding carboxylic acids is 2. The molecule has 0 aliphatic carbocycles. The quantitative estimate of drug-likeness (QED) is 0.0741. The topological polar surface area (TPSA) is 52.6 Å². The van der Waals surface area contributed by atoms with Crippen molar-refractivity contribution in [3.05, 3.63) is 0 Å². The molecule has 0 saturated carbocycles. The molecule has 0 unspecified atom stereocenters. The van der Waals surface area contributed by atoms with Crippen LogP contribution < -0.4 is 0 Å². The van der Waals surface area contributed by atoms with Gasteiger partial charge in [0, 0.05) is 12.8 Å². The highest BCUT2D eigenvalue weighted by molar-refractivity contribution is 5.69. The number of carbonyl (C=O) groups is 2. The van der Waals surface area contributed by atoms with Gasteiger partial charge >= 0.3 is 11.9 Å². The average molecular weight is 511 g/mol. The van der Waals surface area contributed by atoms with Gasteiger partial charge in [-0.25, -0.2) is 0 Å². The molecule has 0 bridgehead atoms. The van der Waals surface area contributed by atoms with Crippen LogP contribution in [0.4, 0.5) is 0 Å². The highest BCUT2D eigenvalue weighted by Crippen LogP contribution is 2.14. The Morgan fingerprint density at radius 2 is 0.611 bits per heavy atom. The van der Waals surface area contributed by atoms with Gasteiger partial charge in [0.05, 0.1) is 13.2 Å². The molecule has 0 radical (unpaired) electrons. The molecule has 4 heteroatoms. The summed E-state index contributed by atoms with van der Waals surface area (Å²) in [5, 5.41) is 0. The van der Waals surface area contributed by atoms with E-state index in [1.165, 1.54) is 116 Å². The fourth-order valence-corrected chi connectivity index (χ4v) is 4.59. The lowest BCUT2D eigenvalue weighted by molar-refractivity contribution is -0.144. The Balaban J connectivity index is 3.14. The molecule has 4 nitrogen and oxygen atoms in total. The molecule has 0 aliphatic rings. The predicted octanol–water partition coefficient (Wildman–Crippen LogP) is 10.3. The zero-order valence-electron chi connectivity index (χ0n) is 24.4. The summed E-state index contributed by atoms with van der Waals surface area (Å²) < 4.78 is 10.6. The minimum Gasteiger partial charge on any atom is -0.466 e. The van der Waals surface area contributed by atoms with E-state index in [0.717, 1.165) is 38.5 Å². The van der Waals surface area contributed by atoms with Crippen LogP contribution >= 0.6 is 0 Å². The zero-order chi connectivity index (χ0) is 26.4. The Morgan fingerprint density at radius 3 is 0.889 bits per heavy atom. The van der Waals surface area contributed by atoms with E-state index in [2.05, 4.69) is 13.8 Å². The maximum Gasteiger partial charge on any atom is 0.305 e. The molecular weight excluding hydrogens is 448 g/mol. The predicted molar refractivity (Wildman–Crippen MR) is 153 cm³/mol. The second-order valence-corrected chi connectivity index (χ2v) is 10.7. The summed E-state index contributed by atoms with van der Waals surface area (Å²) in [4.78, 5) is 23.2. The van der Waals surface area contributed by atoms with Crippen LogP contribution in [0.1, 0.15) is 181 Å². The number of ether oxygens (including phenoxy) is 2. The molecule has 0 atom stereocenters. The van der Waals surface area contributed by atoms with Crippen LogP contribution in [-0.2, 0) is 19.1 Å². The fourth-order valence-electron chi connectivity index (χ4n) is 4.59. The lowest BCUT2D eigenvalue weighted by atomic mass is 10.0. The van der Waals surface area contributed by atoms with Gasteiger partial charge in [0.2, 0.25) is 0 Å². The van der Waals surface area contributed by atoms with Crippen molar-refractivity contribution in [3.63, 3.8) is 0 Å². The molecule has 0 fully saturated rings. The molecule has 0 rings (SSSR count). The number of unbranched alkanes of at least 4 members (excludes halogenated alkanes) is 21. The Kier molecular flexibility index (Phi) is 29.3. The SMILES string of the molecule is CCCCCCC(=O)OCCCCCCCCCCCCCCCCCCOC(=O)CCCCCC. The number of hydrogen-bond donors (Lipinski definition) is 0.